The lowest BCUT2D eigenvalue weighted by Gasteiger charge is -2.27. The summed E-state index contributed by atoms with van der Waals surface area (Å²) in [6.07, 6.45) is 0.834. The van der Waals surface area contributed by atoms with E-state index in [-0.39, 0.29) is 17.4 Å². The molecule has 2 aromatic rings. The second-order valence-corrected chi connectivity index (χ2v) is 11.2. The van der Waals surface area contributed by atoms with Crippen molar-refractivity contribution in [2.75, 3.05) is 55.8 Å². The summed E-state index contributed by atoms with van der Waals surface area (Å²) < 4.78 is 30.7. The van der Waals surface area contributed by atoms with Crippen molar-refractivity contribution in [2.24, 2.45) is 0 Å². The van der Waals surface area contributed by atoms with E-state index in [9.17, 15) is 18.0 Å². The summed E-state index contributed by atoms with van der Waals surface area (Å²) >= 11 is 5.85. The van der Waals surface area contributed by atoms with Crippen molar-refractivity contribution in [3.8, 4) is 0 Å². The summed E-state index contributed by atoms with van der Waals surface area (Å²) in [4.78, 5) is 27.5. The van der Waals surface area contributed by atoms with Crippen LogP contribution in [0.15, 0.2) is 42.5 Å². The number of hydrogen-bond donors (Lipinski definition) is 3. The molecule has 9 nitrogen and oxygen atoms in total. The minimum absolute atomic E-state index is 0.187. The van der Waals surface area contributed by atoms with Gasteiger partial charge in [-0.05, 0) is 48.9 Å². The Morgan fingerprint density at radius 1 is 1.11 bits per heavy atom. The van der Waals surface area contributed by atoms with Crippen LogP contribution in [0.4, 0.5) is 11.4 Å². The lowest BCUT2D eigenvalue weighted by molar-refractivity contribution is -0.116. The van der Waals surface area contributed by atoms with Gasteiger partial charge in [0.2, 0.25) is 5.91 Å². The Morgan fingerprint density at radius 3 is 2.60 bits per heavy atom. The monoisotopic (exact) mass is 520 g/mol. The van der Waals surface area contributed by atoms with Crippen molar-refractivity contribution in [2.45, 2.75) is 18.2 Å². The topological polar surface area (TPSA) is 117 Å². The number of carbonyl (C=O) groups is 2. The molecule has 2 heterocycles. The van der Waals surface area contributed by atoms with Gasteiger partial charge in [-0.3, -0.25) is 14.5 Å². The number of ether oxygens (including phenoxy) is 1. The summed E-state index contributed by atoms with van der Waals surface area (Å²) in [5.41, 5.74) is 2.04. The van der Waals surface area contributed by atoms with Crippen LogP contribution in [0.2, 0.25) is 5.02 Å². The highest BCUT2D eigenvalue weighted by Gasteiger charge is 2.30. The normalized spacial score (nSPS) is 18.3. The van der Waals surface area contributed by atoms with Gasteiger partial charge in [0.25, 0.3) is 5.91 Å². The SMILES string of the molecule is O=C(NCCCN1CCOCC1)c1ccc2c(c1)NC(=O)C(CS(=O)(=O)Cc1ccc(Cl)cc1)N2. The summed E-state index contributed by atoms with van der Waals surface area (Å²) in [6, 6.07) is 10.6. The van der Waals surface area contributed by atoms with Crippen LogP contribution in [-0.2, 0) is 25.1 Å². The zero-order chi connectivity index (χ0) is 24.8. The van der Waals surface area contributed by atoms with E-state index in [0.29, 0.717) is 34.1 Å². The van der Waals surface area contributed by atoms with Crippen molar-refractivity contribution in [3.63, 3.8) is 0 Å². The molecule has 4 rings (SSSR count). The van der Waals surface area contributed by atoms with E-state index in [1.54, 1.807) is 42.5 Å². The largest absolute Gasteiger partial charge is 0.379 e. The second kappa shape index (κ2) is 11.4. The van der Waals surface area contributed by atoms with Crippen LogP contribution in [0.1, 0.15) is 22.3 Å². The van der Waals surface area contributed by atoms with Crippen molar-refractivity contribution >= 4 is 44.6 Å². The van der Waals surface area contributed by atoms with Crippen LogP contribution >= 0.6 is 11.6 Å². The third-order valence-corrected chi connectivity index (χ3v) is 7.81. The molecule has 2 aliphatic heterocycles. The first kappa shape index (κ1) is 25.4. The maximum atomic E-state index is 12.7. The zero-order valence-electron chi connectivity index (χ0n) is 19.3. The van der Waals surface area contributed by atoms with Gasteiger partial charge in [0, 0.05) is 30.2 Å². The molecule has 0 spiro atoms. The molecule has 1 saturated heterocycles. The number of fused-ring (bicyclic) bond motifs is 1. The van der Waals surface area contributed by atoms with Gasteiger partial charge in [-0.2, -0.15) is 0 Å². The first-order chi connectivity index (χ1) is 16.8. The number of rotatable bonds is 9. The van der Waals surface area contributed by atoms with E-state index in [0.717, 1.165) is 39.3 Å². The standard InChI is InChI=1S/C24H29ClN4O5S/c25-19-5-2-17(3-6-19)15-35(32,33)16-22-24(31)28-21-14-18(4-7-20(21)27-22)23(30)26-8-1-9-29-10-12-34-13-11-29/h2-7,14,22,27H,1,8-13,15-16H2,(H,26,30)(H,28,31). The predicted octanol–water partition coefficient (Wildman–Crippen LogP) is 2.14. The molecule has 1 atom stereocenters. The van der Waals surface area contributed by atoms with E-state index in [2.05, 4.69) is 20.9 Å². The van der Waals surface area contributed by atoms with E-state index in [1.807, 2.05) is 0 Å². The zero-order valence-corrected chi connectivity index (χ0v) is 20.8. The molecule has 35 heavy (non-hydrogen) atoms. The highest BCUT2D eigenvalue weighted by molar-refractivity contribution is 7.90. The summed E-state index contributed by atoms with van der Waals surface area (Å²) in [6.45, 7) is 4.76. The van der Waals surface area contributed by atoms with Crippen molar-refractivity contribution in [1.82, 2.24) is 10.2 Å². The van der Waals surface area contributed by atoms with Gasteiger partial charge in [-0.25, -0.2) is 8.42 Å². The molecule has 1 fully saturated rings. The first-order valence-corrected chi connectivity index (χ1v) is 13.7. The number of nitrogens with zero attached hydrogens (tertiary/aromatic N) is 1. The van der Waals surface area contributed by atoms with E-state index in [4.69, 9.17) is 16.3 Å². The summed E-state index contributed by atoms with van der Waals surface area (Å²) in [5, 5.41) is 9.15. The van der Waals surface area contributed by atoms with Crippen LogP contribution < -0.4 is 16.0 Å². The fourth-order valence-electron chi connectivity index (χ4n) is 4.08. The molecule has 2 aliphatic rings. The second-order valence-electron chi connectivity index (χ2n) is 8.69. The molecule has 188 valence electrons. The molecule has 1 unspecified atom stereocenters. The smallest absolute Gasteiger partial charge is 0.251 e. The van der Waals surface area contributed by atoms with Gasteiger partial charge in [0.15, 0.2) is 9.84 Å². The molecule has 0 aromatic heterocycles. The Labute approximate surface area is 210 Å². The number of carbonyl (C=O) groups excluding carboxylic acids is 2. The minimum Gasteiger partial charge on any atom is -0.379 e. The molecule has 2 aromatic carbocycles. The Balaban J connectivity index is 1.30. The summed E-state index contributed by atoms with van der Waals surface area (Å²) in [5.74, 6) is -1.23. The first-order valence-electron chi connectivity index (χ1n) is 11.5. The molecule has 0 aliphatic carbocycles. The molecule has 3 N–H and O–H groups in total. The molecule has 11 heteroatoms. The molecular formula is C24H29ClN4O5S. The highest BCUT2D eigenvalue weighted by atomic mass is 35.5. The number of morpholine rings is 1. The van der Waals surface area contributed by atoms with Gasteiger partial charge < -0.3 is 20.7 Å². The number of anilines is 2. The van der Waals surface area contributed by atoms with Crippen molar-refractivity contribution in [1.29, 1.82) is 0 Å². The van der Waals surface area contributed by atoms with E-state index < -0.39 is 21.8 Å². The van der Waals surface area contributed by atoms with Crippen LogP contribution in [0.3, 0.4) is 0 Å². The number of halogens is 1. The van der Waals surface area contributed by atoms with Gasteiger partial charge in [0.05, 0.1) is 36.1 Å². The van der Waals surface area contributed by atoms with E-state index >= 15 is 0 Å². The predicted molar refractivity (Wildman–Crippen MR) is 136 cm³/mol. The fraction of sp³-hybridized carbons (Fsp3) is 0.417. The number of hydrogen-bond acceptors (Lipinski definition) is 7. The Kier molecular flexibility index (Phi) is 8.27. The Morgan fingerprint density at radius 2 is 1.86 bits per heavy atom. The number of amides is 2. The molecule has 0 radical (unpaired) electrons. The fourth-order valence-corrected chi connectivity index (χ4v) is 5.77. The Bertz CT molecular complexity index is 1170. The lowest BCUT2D eigenvalue weighted by atomic mass is 10.1. The van der Waals surface area contributed by atoms with Crippen LogP contribution in [0, 0.1) is 0 Å². The third-order valence-electron chi connectivity index (χ3n) is 5.95. The van der Waals surface area contributed by atoms with Gasteiger partial charge in [0.1, 0.15) is 6.04 Å². The average molecular weight is 521 g/mol. The molecule has 2 amide bonds. The number of nitrogens with one attached hydrogen (secondary N) is 3. The van der Waals surface area contributed by atoms with Gasteiger partial charge in [-0.15, -0.1) is 0 Å². The Hall–Kier alpha value is -2.66. The average Bonchev–Trinajstić information content (AvgIpc) is 2.83. The maximum Gasteiger partial charge on any atom is 0.251 e. The van der Waals surface area contributed by atoms with Crippen molar-refractivity contribution in [3.05, 3.63) is 58.6 Å². The minimum atomic E-state index is -3.57. The van der Waals surface area contributed by atoms with Gasteiger partial charge >= 0.3 is 0 Å². The van der Waals surface area contributed by atoms with Crippen LogP contribution in [0.25, 0.3) is 0 Å². The van der Waals surface area contributed by atoms with Gasteiger partial charge in [-0.1, -0.05) is 23.7 Å². The van der Waals surface area contributed by atoms with Crippen LogP contribution in [0.5, 0.6) is 0 Å². The maximum absolute atomic E-state index is 12.7. The third kappa shape index (κ3) is 7.17. The molecular weight excluding hydrogens is 492 g/mol. The van der Waals surface area contributed by atoms with Crippen LogP contribution in [-0.4, -0.2) is 76.3 Å². The molecule has 0 bridgehead atoms. The highest BCUT2D eigenvalue weighted by Crippen LogP contribution is 2.28. The number of sulfone groups is 1. The quantitative estimate of drug-likeness (QED) is 0.434. The number of benzene rings is 2. The van der Waals surface area contributed by atoms with E-state index in [1.165, 1.54) is 0 Å². The molecule has 0 saturated carbocycles. The lowest BCUT2D eigenvalue weighted by Crippen LogP contribution is -2.43. The van der Waals surface area contributed by atoms with Crippen molar-refractivity contribution < 1.29 is 22.7 Å². The summed E-state index contributed by atoms with van der Waals surface area (Å²) in [7, 11) is -3.57.